The van der Waals surface area contributed by atoms with Crippen molar-refractivity contribution in [1.29, 1.82) is 5.26 Å². The number of hydrogen-bond acceptors (Lipinski definition) is 3. The van der Waals surface area contributed by atoms with Gasteiger partial charge in [0.15, 0.2) is 0 Å². The molecule has 21 heavy (non-hydrogen) atoms. The van der Waals surface area contributed by atoms with E-state index >= 15 is 0 Å². The van der Waals surface area contributed by atoms with Gasteiger partial charge in [0.05, 0.1) is 18.7 Å². The Morgan fingerprint density at radius 1 is 1.24 bits per heavy atom. The van der Waals surface area contributed by atoms with E-state index in [4.69, 9.17) is 10.00 Å². The first-order chi connectivity index (χ1) is 10.2. The molecular weight excluding hydrogens is 260 g/mol. The van der Waals surface area contributed by atoms with Crippen LogP contribution in [0.2, 0.25) is 0 Å². The smallest absolute Gasteiger partial charge is 0.123 e. The van der Waals surface area contributed by atoms with Crippen LogP contribution in [0.5, 0.6) is 5.75 Å². The highest BCUT2D eigenvalue weighted by atomic mass is 16.5. The van der Waals surface area contributed by atoms with E-state index in [1.54, 1.807) is 7.11 Å². The van der Waals surface area contributed by atoms with E-state index in [0.717, 1.165) is 23.4 Å². The molecule has 0 aliphatic heterocycles. The third-order valence-corrected chi connectivity index (χ3v) is 3.68. The van der Waals surface area contributed by atoms with Crippen molar-refractivity contribution in [3.8, 4) is 11.8 Å². The normalized spacial score (nSPS) is 11.7. The third-order valence-electron chi connectivity index (χ3n) is 3.68. The van der Waals surface area contributed by atoms with Crippen LogP contribution in [0.3, 0.4) is 0 Å². The quantitative estimate of drug-likeness (QED) is 0.907. The lowest BCUT2D eigenvalue weighted by atomic mass is 10.0. The molecule has 0 bridgehead atoms. The Labute approximate surface area is 126 Å². The summed E-state index contributed by atoms with van der Waals surface area (Å²) in [6.45, 7) is 4.92. The van der Waals surface area contributed by atoms with Gasteiger partial charge >= 0.3 is 0 Å². The summed E-state index contributed by atoms with van der Waals surface area (Å²) in [5.41, 5.74) is 4.19. The minimum atomic E-state index is 0.191. The Bertz CT molecular complexity index is 659. The van der Waals surface area contributed by atoms with Crippen molar-refractivity contribution in [2.75, 3.05) is 7.11 Å². The predicted octanol–water partition coefficient (Wildman–Crippen LogP) is 3.73. The minimum Gasteiger partial charge on any atom is -0.496 e. The topological polar surface area (TPSA) is 45.0 Å². The van der Waals surface area contributed by atoms with Gasteiger partial charge in [-0.2, -0.15) is 5.26 Å². The van der Waals surface area contributed by atoms with Crippen LogP contribution in [-0.2, 0) is 6.54 Å². The Balaban J connectivity index is 2.08. The number of nitriles is 1. The number of para-hydroxylation sites is 1. The molecule has 0 spiro atoms. The largest absolute Gasteiger partial charge is 0.496 e. The number of aryl methyl sites for hydroxylation is 1. The Morgan fingerprint density at radius 3 is 2.67 bits per heavy atom. The average Bonchev–Trinajstić information content (AvgIpc) is 2.53. The molecule has 0 amide bonds. The number of ether oxygens (including phenoxy) is 1. The zero-order chi connectivity index (χ0) is 15.2. The summed E-state index contributed by atoms with van der Waals surface area (Å²) in [6.07, 6.45) is 0. The first-order valence-electron chi connectivity index (χ1n) is 7.01. The summed E-state index contributed by atoms with van der Waals surface area (Å²) in [4.78, 5) is 0. The molecule has 2 aromatic carbocycles. The van der Waals surface area contributed by atoms with Gasteiger partial charge < -0.3 is 10.1 Å². The molecule has 0 radical (unpaired) electrons. The van der Waals surface area contributed by atoms with Crippen LogP contribution in [-0.4, -0.2) is 7.11 Å². The molecule has 1 N–H and O–H groups in total. The van der Waals surface area contributed by atoms with E-state index in [1.807, 2.05) is 43.3 Å². The van der Waals surface area contributed by atoms with Crippen molar-refractivity contribution < 1.29 is 4.74 Å². The van der Waals surface area contributed by atoms with Crippen molar-refractivity contribution in [3.05, 3.63) is 64.7 Å². The van der Waals surface area contributed by atoms with Crippen LogP contribution in [0, 0.1) is 18.3 Å². The van der Waals surface area contributed by atoms with Gasteiger partial charge in [0.2, 0.25) is 0 Å². The molecule has 0 aromatic heterocycles. The summed E-state index contributed by atoms with van der Waals surface area (Å²) in [5, 5.41) is 12.4. The molecule has 0 heterocycles. The summed E-state index contributed by atoms with van der Waals surface area (Å²) in [6, 6.07) is 16.2. The van der Waals surface area contributed by atoms with E-state index < -0.39 is 0 Å². The summed E-state index contributed by atoms with van der Waals surface area (Å²) in [5.74, 6) is 0.897. The van der Waals surface area contributed by atoms with Gasteiger partial charge in [-0.3, -0.25) is 0 Å². The van der Waals surface area contributed by atoms with Gasteiger partial charge in [-0.15, -0.1) is 0 Å². The van der Waals surface area contributed by atoms with Crippen molar-refractivity contribution >= 4 is 0 Å². The zero-order valence-electron chi connectivity index (χ0n) is 12.7. The molecule has 0 unspecified atom stereocenters. The second-order valence-corrected chi connectivity index (χ2v) is 5.10. The molecule has 0 saturated heterocycles. The fraction of sp³-hybridized carbons (Fsp3) is 0.278. The molecule has 108 valence electrons. The third kappa shape index (κ3) is 3.62. The molecule has 0 aliphatic carbocycles. The van der Waals surface area contributed by atoms with Gasteiger partial charge in [0.1, 0.15) is 5.75 Å². The van der Waals surface area contributed by atoms with Crippen molar-refractivity contribution in [1.82, 2.24) is 5.32 Å². The predicted molar refractivity (Wildman–Crippen MR) is 84.1 cm³/mol. The van der Waals surface area contributed by atoms with Gasteiger partial charge in [-0.05, 0) is 43.2 Å². The fourth-order valence-corrected chi connectivity index (χ4v) is 2.36. The summed E-state index contributed by atoms with van der Waals surface area (Å²) >= 11 is 0. The van der Waals surface area contributed by atoms with E-state index in [0.29, 0.717) is 5.56 Å². The monoisotopic (exact) mass is 280 g/mol. The maximum Gasteiger partial charge on any atom is 0.123 e. The fourth-order valence-electron chi connectivity index (χ4n) is 2.36. The van der Waals surface area contributed by atoms with Crippen LogP contribution in [0.25, 0.3) is 0 Å². The van der Waals surface area contributed by atoms with Crippen LogP contribution in [0.4, 0.5) is 0 Å². The molecule has 2 aromatic rings. The Kier molecular flexibility index (Phi) is 4.97. The molecule has 2 rings (SSSR count). The molecule has 3 heteroatoms. The standard InChI is InChI=1S/C18H20N2O/c1-13-10-15(11-19)8-9-16(13)12-20-14(2)17-6-4-5-7-18(17)21-3/h4-10,14,20H,12H2,1-3H3/t14-/m1/s1. The van der Waals surface area contributed by atoms with Crippen molar-refractivity contribution in [2.24, 2.45) is 0 Å². The van der Waals surface area contributed by atoms with Gasteiger partial charge in [-0.25, -0.2) is 0 Å². The lowest BCUT2D eigenvalue weighted by molar-refractivity contribution is 0.401. The zero-order valence-corrected chi connectivity index (χ0v) is 12.7. The van der Waals surface area contributed by atoms with E-state index in [-0.39, 0.29) is 6.04 Å². The Morgan fingerprint density at radius 2 is 2.00 bits per heavy atom. The maximum atomic E-state index is 8.90. The second-order valence-electron chi connectivity index (χ2n) is 5.10. The lowest BCUT2D eigenvalue weighted by Gasteiger charge is -2.18. The average molecular weight is 280 g/mol. The molecule has 0 fully saturated rings. The molecular formula is C18H20N2O. The summed E-state index contributed by atoms with van der Waals surface area (Å²) in [7, 11) is 1.69. The number of methoxy groups -OCH3 is 1. The Hall–Kier alpha value is -2.31. The first-order valence-corrected chi connectivity index (χ1v) is 7.01. The van der Waals surface area contributed by atoms with Crippen molar-refractivity contribution in [3.63, 3.8) is 0 Å². The molecule has 3 nitrogen and oxygen atoms in total. The molecule has 0 saturated carbocycles. The maximum absolute atomic E-state index is 8.90. The lowest BCUT2D eigenvalue weighted by Crippen LogP contribution is -2.19. The summed E-state index contributed by atoms with van der Waals surface area (Å²) < 4.78 is 5.40. The van der Waals surface area contributed by atoms with Gasteiger partial charge in [0, 0.05) is 18.2 Å². The second kappa shape index (κ2) is 6.92. The van der Waals surface area contributed by atoms with E-state index in [1.165, 1.54) is 5.56 Å². The highest BCUT2D eigenvalue weighted by molar-refractivity contribution is 5.38. The van der Waals surface area contributed by atoms with Crippen LogP contribution < -0.4 is 10.1 Å². The van der Waals surface area contributed by atoms with Crippen LogP contribution in [0.1, 0.15) is 35.2 Å². The van der Waals surface area contributed by atoms with Crippen LogP contribution in [0.15, 0.2) is 42.5 Å². The molecule has 1 atom stereocenters. The SMILES string of the molecule is COc1ccccc1[C@@H](C)NCc1ccc(C#N)cc1C. The number of benzene rings is 2. The number of hydrogen-bond donors (Lipinski definition) is 1. The number of rotatable bonds is 5. The minimum absolute atomic E-state index is 0.191. The van der Waals surface area contributed by atoms with E-state index in [9.17, 15) is 0 Å². The van der Waals surface area contributed by atoms with E-state index in [2.05, 4.69) is 24.4 Å². The number of nitrogens with one attached hydrogen (secondary N) is 1. The number of nitrogens with zero attached hydrogens (tertiary/aromatic N) is 1. The van der Waals surface area contributed by atoms with Crippen molar-refractivity contribution in [2.45, 2.75) is 26.4 Å². The highest BCUT2D eigenvalue weighted by Crippen LogP contribution is 2.24. The van der Waals surface area contributed by atoms with Gasteiger partial charge in [0.25, 0.3) is 0 Å². The van der Waals surface area contributed by atoms with Crippen LogP contribution >= 0.6 is 0 Å². The van der Waals surface area contributed by atoms with Gasteiger partial charge in [-0.1, -0.05) is 24.3 Å². The first kappa shape index (κ1) is 15.1. The highest BCUT2D eigenvalue weighted by Gasteiger charge is 2.10. The molecule has 0 aliphatic rings.